The minimum absolute atomic E-state index is 0.0709. The molecule has 4 atom stereocenters. The maximum Gasteiger partial charge on any atom is 0.396 e. The van der Waals surface area contributed by atoms with Crippen LogP contribution in [0.2, 0.25) is 0 Å². The molecule has 7 aromatic rings. The summed E-state index contributed by atoms with van der Waals surface area (Å²) >= 11 is 0. The number of aryl methyl sites for hydroxylation is 1. The summed E-state index contributed by atoms with van der Waals surface area (Å²) in [6, 6.07) is 27.1. The molecule has 436 valence electrons. The molecule has 25 nitrogen and oxygen atoms in total. The van der Waals surface area contributed by atoms with E-state index in [4.69, 9.17) is 5.73 Å². The highest BCUT2D eigenvalue weighted by atomic mass is 31.2. The van der Waals surface area contributed by atoms with Gasteiger partial charge in [0.15, 0.2) is 0 Å². The van der Waals surface area contributed by atoms with Crippen molar-refractivity contribution in [3.8, 4) is 0 Å². The molecular weight excluding hydrogens is 1110 g/mol. The number of aromatic nitrogens is 3. The van der Waals surface area contributed by atoms with Crippen LogP contribution in [0.1, 0.15) is 86.9 Å². The Morgan fingerprint density at radius 3 is 2.20 bits per heavy atom. The topological polar surface area (TPSA) is 367 Å². The standard InChI is InChI=1S/C58H60N11O14P/c59-48(70)21-19-43(53(75)65-51(34-9-3-1-4-10-34)35-11-5-2-6-12-35)63-55(77)47-20-17-39-23-27-67(32-45(56(78)69(39)47)64-54(76)44-30-37-29-36(15-18-42(37)62-44)57(79)84(81,82)83)58(80)60-25-8-26-66-28-24-40-41(13-7-14-46(40)66)52(74)61-38-16-22-49(71)68(31-38)33-50(72)73/h1-7,9-16,18,22,24,28-31,39,43,45,47,51,62H,8,17,19-21,23,25-27,32-33H2,(H2,59,70)(H,60,80)(H,61,74)(H,63,77)(H,64,76)(H,65,75)(H,72,73)(H2,81,82,83)/t39-,43+,45+,47+/m1/s1. The summed E-state index contributed by atoms with van der Waals surface area (Å²) in [6.45, 7) is -0.351. The van der Waals surface area contributed by atoms with E-state index in [0.717, 1.165) is 21.8 Å². The number of aliphatic carboxylic acids is 1. The summed E-state index contributed by atoms with van der Waals surface area (Å²) in [6.07, 6.45) is 3.66. The summed E-state index contributed by atoms with van der Waals surface area (Å²) in [5.41, 5.74) is 6.20. The molecule has 2 saturated heterocycles. The molecular formula is C58H60N11O14P. The van der Waals surface area contributed by atoms with Crippen molar-refractivity contribution in [1.29, 1.82) is 0 Å². The molecule has 8 amide bonds. The van der Waals surface area contributed by atoms with Crippen LogP contribution in [0.4, 0.5) is 10.5 Å². The van der Waals surface area contributed by atoms with Crippen molar-refractivity contribution in [3.63, 3.8) is 0 Å². The van der Waals surface area contributed by atoms with Gasteiger partial charge in [0.05, 0.1) is 18.3 Å². The number of primary amides is 1. The van der Waals surface area contributed by atoms with Gasteiger partial charge in [-0.25, -0.2) is 4.79 Å². The second-order valence-corrected chi connectivity index (χ2v) is 22.0. The number of carbonyl (C=O) groups excluding carboxylic acids is 8. The Balaban J connectivity index is 0.909. The fraction of sp³-hybridized carbons (Fsp3) is 0.276. The van der Waals surface area contributed by atoms with Gasteiger partial charge in [-0.3, -0.25) is 47.7 Å². The van der Waals surface area contributed by atoms with Gasteiger partial charge in [-0.05, 0) is 91.8 Å². The normalized spacial score (nSPS) is 16.5. The molecule has 2 aliphatic rings. The van der Waals surface area contributed by atoms with E-state index in [-0.39, 0.29) is 67.6 Å². The van der Waals surface area contributed by atoms with E-state index in [1.807, 2.05) is 71.3 Å². The zero-order valence-corrected chi connectivity index (χ0v) is 45.9. The number of benzene rings is 4. The maximum atomic E-state index is 15.1. The molecule has 0 saturated carbocycles. The van der Waals surface area contributed by atoms with Crippen LogP contribution in [0.5, 0.6) is 0 Å². The number of carboxylic acid groups (broad SMARTS) is 1. The van der Waals surface area contributed by atoms with Crippen molar-refractivity contribution in [2.75, 3.05) is 25.0 Å². The fourth-order valence-corrected chi connectivity index (χ4v) is 11.2. The van der Waals surface area contributed by atoms with E-state index in [1.54, 1.807) is 24.4 Å². The van der Waals surface area contributed by atoms with Crippen LogP contribution in [-0.4, -0.2) is 136 Å². The first-order chi connectivity index (χ1) is 40.2. The molecule has 26 heteroatoms. The number of aromatic amines is 1. The molecule has 0 aliphatic carbocycles. The molecule has 5 heterocycles. The van der Waals surface area contributed by atoms with E-state index in [1.165, 1.54) is 46.3 Å². The minimum Gasteiger partial charge on any atom is -0.480 e. The van der Waals surface area contributed by atoms with Gasteiger partial charge < -0.3 is 71.1 Å². The zero-order valence-electron chi connectivity index (χ0n) is 45.0. The SMILES string of the molecule is NC(=O)CC[C@H](NC(=O)[C@@H]1CC[C@@H]2CCN(C(=O)NCCCn3ccc4c(C(=O)Nc5ccc(=O)n(CC(=O)O)c5)cccc43)C[C@H](NC(=O)c3cc4cc(C(=O)P(=O)(O)O)ccc4[nH]3)C(=O)N21)C(=O)NC(c1ccccc1)c1ccccc1. The number of nitrogens with one attached hydrogen (secondary N) is 6. The van der Waals surface area contributed by atoms with Gasteiger partial charge in [-0.1, -0.05) is 66.7 Å². The largest absolute Gasteiger partial charge is 0.480 e. The summed E-state index contributed by atoms with van der Waals surface area (Å²) < 4.78 is 14.6. The maximum absolute atomic E-state index is 15.1. The van der Waals surface area contributed by atoms with Crippen LogP contribution in [0.15, 0.2) is 139 Å². The van der Waals surface area contributed by atoms with Gasteiger partial charge in [0.2, 0.25) is 23.6 Å². The minimum atomic E-state index is -5.15. The van der Waals surface area contributed by atoms with Gasteiger partial charge in [0.1, 0.15) is 30.4 Å². The highest BCUT2D eigenvalue weighted by Crippen LogP contribution is 2.39. The average Bonchev–Trinajstić information content (AvgIpc) is 3.22. The van der Waals surface area contributed by atoms with Gasteiger partial charge in [-0.2, -0.15) is 0 Å². The number of nitrogens with zero attached hydrogens (tertiary/aromatic N) is 4. The van der Waals surface area contributed by atoms with Crippen molar-refractivity contribution in [1.82, 2.24) is 45.2 Å². The lowest BCUT2D eigenvalue weighted by Gasteiger charge is -2.39. The van der Waals surface area contributed by atoms with Gasteiger partial charge in [0, 0.05) is 83.5 Å². The Labute approximate surface area is 478 Å². The van der Waals surface area contributed by atoms with E-state index in [2.05, 4.69) is 31.6 Å². The van der Waals surface area contributed by atoms with E-state index in [9.17, 15) is 62.6 Å². The Morgan fingerprint density at radius 1 is 0.786 bits per heavy atom. The fourth-order valence-electron chi connectivity index (χ4n) is 10.7. The van der Waals surface area contributed by atoms with Crippen LogP contribution in [0.3, 0.4) is 0 Å². The Hall–Kier alpha value is -9.71. The molecule has 9 rings (SSSR count). The van der Waals surface area contributed by atoms with Gasteiger partial charge >= 0.3 is 19.6 Å². The summed E-state index contributed by atoms with van der Waals surface area (Å²) in [4.78, 5) is 158. The van der Waals surface area contributed by atoms with Crippen LogP contribution >= 0.6 is 7.60 Å². The van der Waals surface area contributed by atoms with E-state index >= 15 is 4.79 Å². The third kappa shape index (κ3) is 13.8. The number of urea groups is 1. The first-order valence-electron chi connectivity index (χ1n) is 26.9. The number of hydrogen-bond donors (Lipinski definition) is 10. The molecule has 11 N–H and O–H groups in total. The molecule has 4 aromatic carbocycles. The van der Waals surface area contributed by atoms with Crippen molar-refractivity contribution in [2.45, 2.75) is 81.8 Å². The van der Waals surface area contributed by atoms with Crippen molar-refractivity contribution >= 4 is 88.1 Å². The second-order valence-electron chi connectivity index (χ2n) is 20.5. The van der Waals surface area contributed by atoms with Gasteiger partial charge in [0.25, 0.3) is 22.9 Å². The lowest BCUT2D eigenvalue weighted by atomic mass is 9.98. The molecule has 84 heavy (non-hydrogen) atoms. The number of amides is 8. The first kappa shape index (κ1) is 58.9. The molecule has 3 aromatic heterocycles. The highest BCUT2D eigenvalue weighted by Gasteiger charge is 2.46. The predicted octanol–water partition coefficient (Wildman–Crippen LogP) is 3.56. The van der Waals surface area contributed by atoms with Crippen LogP contribution in [0, 0.1) is 0 Å². The predicted molar refractivity (Wildman–Crippen MR) is 305 cm³/mol. The van der Waals surface area contributed by atoms with Crippen LogP contribution in [0.25, 0.3) is 21.8 Å². The molecule has 0 unspecified atom stereocenters. The number of pyridine rings is 1. The Bertz CT molecular complexity index is 3760. The van der Waals surface area contributed by atoms with Crippen LogP contribution in [-0.2, 0) is 41.6 Å². The van der Waals surface area contributed by atoms with Crippen LogP contribution < -0.4 is 37.9 Å². The molecule has 0 bridgehead atoms. The number of H-pyrrole nitrogens is 1. The number of carbonyl (C=O) groups is 9. The molecule has 2 fully saturated rings. The number of hydrogen-bond acceptors (Lipinski definition) is 11. The lowest BCUT2D eigenvalue weighted by molar-refractivity contribution is -0.143. The molecule has 0 spiro atoms. The molecule has 2 aliphatic heterocycles. The highest BCUT2D eigenvalue weighted by molar-refractivity contribution is 7.70. The van der Waals surface area contributed by atoms with E-state index < -0.39 is 103 Å². The number of anilines is 1. The summed E-state index contributed by atoms with van der Waals surface area (Å²) in [5.74, 6) is -5.29. The monoisotopic (exact) mass is 1170 g/mol. The summed E-state index contributed by atoms with van der Waals surface area (Å²) in [7, 11) is -5.15. The second kappa shape index (κ2) is 25.6. The third-order valence-electron chi connectivity index (χ3n) is 14.8. The number of carboxylic acids is 1. The Kier molecular flexibility index (Phi) is 18.0. The number of fused-ring (bicyclic) bond motifs is 3. The smallest absolute Gasteiger partial charge is 0.396 e. The number of nitrogens with two attached hydrogens (primary N) is 1. The third-order valence-corrected chi connectivity index (χ3v) is 15.6. The van der Waals surface area contributed by atoms with Crippen molar-refractivity contribution < 1.29 is 62.6 Å². The zero-order chi connectivity index (χ0) is 59.8. The van der Waals surface area contributed by atoms with E-state index in [0.29, 0.717) is 41.4 Å². The summed E-state index contributed by atoms with van der Waals surface area (Å²) in [5, 5.41) is 24.2. The van der Waals surface area contributed by atoms with Crippen molar-refractivity contribution in [2.24, 2.45) is 5.73 Å². The quantitative estimate of drug-likeness (QED) is 0.0364. The molecule has 0 radical (unpaired) electrons. The Morgan fingerprint density at radius 2 is 1.51 bits per heavy atom. The average molecular weight is 1170 g/mol. The first-order valence-corrected chi connectivity index (χ1v) is 28.5. The van der Waals surface area contributed by atoms with Gasteiger partial charge in [-0.15, -0.1) is 0 Å². The van der Waals surface area contributed by atoms with Crippen molar-refractivity contribution in [3.05, 3.63) is 172 Å². The number of rotatable bonds is 21. The lowest BCUT2D eigenvalue weighted by Crippen LogP contribution is -2.62.